The number of carbonyl (C=O) groups is 1. The Balaban J connectivity index is 1.73. The molecule has 1 saturated heterocycles. The van der Waals surface area contributed by atoms with Gasteiger partial charge in [0.2, 0.25) is 0 Å². The van der Waals surface area contributed by atoms with E-state index in [0.717, 1.165) is 12.8 Å². The number of rotatable bonds is 6. The van der Waals surface area contributed by atoms with Gasteiger partial charge in [-0.15, -0.1) is 0 Å². The van der Waals surface area contributed by atoms with Crippen LogP contribution in [0.2, 0.25) is 0 Å². The summed E-state index contributed by atoms with van der Waals surface area (Å²) in [6.45, 7) is 3.09. The first-order valence-corrected chi connectivity index (χ1v) is 8.48. The number of amides is 2. The van der Waals surface area contributed by atoms with Crippen molar-refractivity contribution in [2.75, 3.05) is 18.5 Å². The summed E-state index contributed by atoms with van der Waals surface area (Å²) < 4.78 is 11.0. The Morgan fingerprint density at radius 2 is 2.27 bits per heavy atom. The zero-order valence-electron chi connectivity index (χ0n) is 14.5. The van der Waals surface area contributed by atoms with E-state index in [4.69, 9.17) is 9.15 Å². The maximum atomic E-state index is 12.7. The van der Waals surface area contributed by atoms with Gasteiger partial charge in [-0.3, -0.25) is 10.1 Å². The van der Waals surface area contributed by atoms with Crippen molar-refractivity contribution in [1.82, 2.24) is 4.90 Å². The van der Waals surface area contributed by atoms with Crippen molar-refractivity contribution in [2.45, 2.75) is 32.4 Å². The number of carbonyl (C=O) groups excluding carboxylic acids is 1. The monoisotopic (exact) mass is 359 g/mol. The van der Waals surface area contributed by atoms with Gasteiger partial charge < -0.3 is 19.4 Å². The van der Waals surface area contributed by atoms with Crippen LogP contribution in [-0.2, 0) is 11.3 Å². The number of benzene rings is 1. The summed E-state index contributed by atoms with van der Waals surface area (Å²) in [6.07, 6.45) is 3.42. The van der Waals surface area contributed by atoms with Crippen LogP contribution < -0.4 is 5.32 Å². The molecule has 1 aliphatic heterocycles. The van der Waals surface area contributed by atoms with E-state index < -0.39 is 4.92 Å². The number of nitro groups is 1. The van der Waals surface area contributed by atoms with Crippen LogP contribution in [0.3, 0.4) is 0 Å². The molecule has 1 aromatic heterocycles. The van der Waals surface area contributed by atoms with Crippen molar-refractivity contribution in [3.05, 3.63) is 58.0 Å². The van der Waals surface area contributed by atoms with Gasteiger partial charge in [-0.25, -0.2) is 4.79 Å². The second-order valence-corrected chi connectivity index (χ2v) is 6.28. The average Bonchev–Trinajstić information content (AvgIpc) is 3.29. The fourth-order valence-electron chi connectivity index (χ4n) is 2.93. The average molecular weight is 359 g/mol. The number of hydrogen-bond acceptors (Lipinski definition) is 5. The molecule has 2 aromatic rings. The van der Waals surface area contributed by atoms with Gasteiger partial charge in [0, 0.05) is 30.5 Å². The minimum absolute atomic E-state index is 0.0110. The van der Waals surface area contributed by atoms with Crippen molar-refractivity contribution in [1.29, 1.82) is 0 Å². The first kappa shape index (κ1) is 17.9. The summed E-state index contributed by atoms with van der Waals surface area (Å²) in [5, 5.41) is 13.8. The molecule has 1 N–H and O–H groups in total. The number of furan rings is 1. The first-order chi connectivity index (χ1) is 12.5. The Morgan fingerprint density at radius 1 is 1.42 bits per heavy atom. The van der Waals surface area contributed by atoms with Gasteiger partial charge in [-0.2, -0.15) is 0 Å². The van der Waals surface area contributed by atoms with Crippen LogP contribution in [0.15, 0.2) is 41.0 Å². The van der Waals surface area contributed by atoms with Gasteiger partial charge in [-0.05, 0) is 38.0 Å². The summed E-state index contributed by atoms with van der Waals surface area (Å²) in [5.74, 6) is 0.660. The van der Waals surface area contributed by atoms with Crippen molar-refractivity contribution >= 4 is 17.4 Å². The molecule has 1 aromatic carbocycles. The minimum Gasteiger partial charge on any atom is -0.467 e. The number of nitrogens with zero attached hydrogens (tertiary/aromatic N) is 2. The van der Waals surface area contributed by atoms with Crippen LogP contribution in [0.4, 0.5) is 16.2 Å². The highest BCUT2D eigenvalue weighted by molar-refractivity contribution is 5.89. The fraction of sp³-hybridized carbons (Fsp3) is 0.389. The van der Waals surface area contributed by atoms with E-state index in [1.165, 1.54) is 6.07 Å². The molecule has 0 radical (unpaired) electrons. The summed E-state index contributed by atoms with van der Waals surface area (Å²) >= 11 is 0. The van der Waals surface area contributed by atoms with Crippen LogP contribution in [0.25, 0.3) is 0 Å². The Bertz CT molecular complexity index is 769. The molecule has 0 bridgehead atoms. The number of nitro benzene ring substituents is 1. The lowest BCUT2D eigenvalue weighted by atomic mass is 10.2. The van der Waals surface area contributed by atoms with Gasteiger partial charge >= 0.3 is 6.03 Å². The highest BCUT2D eigenvalue weighted by atomic mass is 16.6. The molecular formula is C18H21N3O5. The number of anilines is 1. The number of nitrogens with one attached hydrogen (secondary N) is 1. The zero-order chi connectivity index (χ0) is 18.5. The van der Waals surface area contributed by atoms with E-state index in [0.29, 0.717) is 36.7 Å². The summed E-state index contributed by atoms with van der Waals surface area (Å²) in [6, 6.07) is 7.84. The molecule has 0 spiro atoms. The molecule has 0 saturated carbocycles. The van der Waals surface area contributed by atoms with E-state index in [-0.39, 0.29) is 17.8 Å². The van der Waals surface area contributed by atoms with Crippen molar-refractivity contribution in [3.63, 3.8) is 0 Å². The van der Waals surface area contributed by atoms with Crippen LogP contribution in [0, 0.1) is 17.0 Å². The molecule has 26 heavy (non-hydrogen) atoms. The van der Waals surface area contributed by atoms with E-state index in [1.54, 1.807) is 42.4 Å². The predicted octanol–water partition coefficient (Wildman–Crippen LogP) is 3.71. The topological polar surface area (TPSA) is 97.9 Å². The van der Waals surface area contributed by atoms with Crippen molar-refractivity contribution in [2.24, 2.45) is 0 Å². The maximum Gasteiger partial charge on any atom is 0.322 e. The molecule has 1 fully saturated rings. The van der Waals surface area contributed by atoms with Crippen LogP contribution in [0.5, 0.6) is 0 Å². The quantitative estimate of drug-likeness (QED) is 0.626. The number of urea groups is 1. The Labute approximate surface area is 150 Å². The number of ether oxygens (including phenoxy) is 1. The van der Waals surface area contributed by atoms with E-state index in [1.807, 2.05) is 0 Å². The molecule has 1 unspecified atom stereocenters. The van der Waals surface area contributed by atoms with Gasteiger partial charge in [0.15, 0.2) is 0 Å². The van der Waals surface area contributed by atoms with Crippen LogP contribution in [0.1, 0.15) is 24.2 Å². The lowest BCUT2D eigenvalue weighted by Gasteiger charge is -2.25. The largest absolute Gasteiger partial charge is 0.467 e. The third kappa shape index (κ3) is 4.40. The molecule has 8 nitrogen and oxygen atoms in total. The Hall–Kier alpha value is -2.87. The molecule has 1 aliphatic rings. The van der Waals surface area contributed by atoms with Crippen molar-refractivity contribution in [3.8, 4) is 0 Å². The maximum absolute atomic E-state index is 12.7. The smallest absolute Gasteiger partial charge is 0.322 e. The lowest BCUT2D eigenvalue weighted by molar-refractivity contribution is -0.385. The molecular weight excluding hydrogens is 338 g/mol. The SMILES string of the molecule is Cc1ccc(NC(=O)N(Cc2ccco2)CC2CCCO2)cc1[N+](=O)[O-]. The van der Waals surface area contributed by atoms with Gasteiger partial charge in [0.25, 0.3) is 5.69 Å². The Morgan fingerprint density at radius 3 is 2.92 bits per heavy atom. The Kier molecular flexibility index (Phi) is 5.52. The fourth-order valence-corrected chi connectivity index (χ4v) is 2.93. The highest BCUT2D eigenvalue weighted by Crippen LogP contribution is 2.23. The molecule has 1 atom stereocenters. The number of aryl methyl sites for hydroxylation is 1. The van der Waals surface area contributed by atoms with E-state index in [9.17, 15) is 14.9 Å². The molecule has 2 heterocycles. The second kappa shape index (κ2) is 8.01. The van der Waals surface area contributed by atoms with E-state index in [2.05, 4.69) is 5.32 Å². The molecule has 2 amide bonds. The molecule has 3 rings (SSSR count). The molecule has 0 aliphatic carbocycles. The molecule has 138 valence electrons. The van der Waals surface area contributed by atoms with Gasteiger partial charge in [0.1, 0.15) is 5.76 Å². The van der Waals surface area contributed by atoms with Gasteiger partial charge in [0.05, 0.1) is 23.8 Å². The second-order valence-electron chi connectivity index (χ2n) is 6.28. The van der Waals surface area contributed by atoms with Crippen LogP contribution in [-0.4, -0.2) is 35.1 Å². The summed E-state index contributed by atoms with van der Waals surface area (Å²) in [5.41, 5.74) is 0.892. The van der Waals surface area contributed by atoms with E-state index >= 15 is 0 Å². The minimum atomic E-state index is -0.460. The number of hydrogen-bond donors (Lipinski definition) is 1. The first-order valence-electron chi connectivity index (χ1n) is 8.48. The van der Waals surface area contributed by atoms with Crippen LogP contribution >= 0.6 is 0 Å². The summed E-state index contributed by atoms with van der Waals surface area (Å²) in [7, 11) is 0. The lowest BCUT2D eigenvalue weighted by Crippen LogP contribution is -2.39. The van der Waals surface area contributed by atoms with Gasteiger partial charge in [-0.1, -0.05) is 6.07 Å². The third-order valence-corrected chi connectivity index (χ3v) is 4.32. The highest BCUT2D eigenvalue weighted by Gasteiger charge is 2.24. The zero-order valence-corrected chi connectivity index (χ0v) is 14.5. The standard InChI is InChI=1S/C18H21N3O5/c1-13-6-7-14(10-17(13)21(23)24)19-18(22)20(11-15-4-2-8-25-15)12-16-5-3-9-26-16/h2,4,6-8,10,16H,3,5,9,11-12H2,1H3,(H,19,22). The third-order valence-electron chi connectivity index (χ3n) is 4.32. The van der Waals surface area contributed by atoms with Crippen molar-refractivity contribution < 1.29 is 18.9 Å². The normalized spacial score (nSPS) is 16.4. The molecule has 8 heteroatoms. The summed E-state index contributed by atoms with van der Waals surface area (Å²) in [4.78, 5) is 25.0. The predicted molar refractivity (Wildman–Crippen MR) is 94.9 cm³/mol.